The van der Waals surface area contributed by atoms with Crippen LogP contribution in [0.15, 0.2) is 29.0 Å². The van der Waals surface area contributed by atoms with Gasteiger partial charge < -0.3 is 9.84 Å². The molecule has 0 fully saturated rings. The second kappa shape index (κ2) is 5.43. The van der Waals surface area contributed by atoms with Gasteiger partial charge in [-0.3, -0.25) is 9.89 Å². The van der Waals surface area contributed by atoms with E-state index >= 15 is 0 Å². The number of carbonyl (C=O) groups is 1. The number of aromatic amines is 1. The smallest absolute Gasteiger partial charge is 0.273 e. The summed E-state index contributed by atoms with van der Waals surface area (Å²) in [7, 11) is 0. The lowest BCUT2D eigenvalue weighted by atomic mass is 10.3. The van der Waals surface area contributed by atoms with Crippen molar-refractivity contribution in [2.45, 2.75) is 6.54 Å². The molecular formula is C11H8ClN5O2S. The van der Waals surface area contributed by atoms with Crippen LogP contribution >= 0.6 is 22.9 Å². The standard InChI is InChI=1S/C11H8ClN5O2S/c12-9-2-1-8(20-9)7-3-6(17-19-7)11(18)13-4-10-14-5-15-16-10/h1-3,5H,4H2,(H,13,18)(H,14,15,16). The number of amides is 1. The van der Waals surface area contributed by atoms with Crippen LogP contribution in [0.2, 0.25) is 4.34 Å². The summed E-state index contributed by atoms with van der Waals surface area (Å²) in [5, 5.41) is 12.7. The highest BCUT2D eigenvalue weighted by Crippen LogP contribution is 2.31. The summed E-state index contributed by atoms with van der Waals surface area (Å²) < 4.78 is 5.77. The summed E-state index contributed by atoms with van der Waals surface area (Å²) >= 11 is 7.20. The average Bonchev–Trinajstić information content (AvgIpc) is 3.16. The minimum absolute atomic E-state index is 0.198. The Bertz CT molecular complexity index is 721. The normalized spacial score (nSPS) is 10.7. The molecule has 0 spiro atoms. The van der Waals surface area contributed by atoms with Crippen LogP contribution in [-0.4, -0.2) is 26.2 Å². The van der Waals surface area contributed by atoms with Crippen molar-refractivity contribution in [1.29, 1.82) is 0 Å². The fraction of sp³-hybridized carbons (Fsp3) is 0.0909. The topological polar surface area (TPSA) is 96.7 Å². The number of hydrogen-bond donors (Lipinski definition) is 2. The van der Waals surface area contributed by atoms with Gasteiger partial charge in [-0.15, -0.1) is 11.3 Å². The third-order valence-electron chi connectivity index (χ3n) is 2.44. The first-order valence-corrected chi connectivity index (χ1v) is 6.76. The molecule has 102 valence electrons. The summed E-state index contributed by atoms with van der Waals surface area (Å²) in [6.45, 7) is 0.242. The monoisotopic (exact) mass is 309 g/mol. The fourth-order valence-electron chi connectivity index (χ4n) is 1.52. The zero-order valence-corrected chi connectivity index (χ0v) is 11.5. The Morgan fingerprint density at radius 1 is 1.50 bits per heavy atom. The molecule has 20 heavy (non-hydrogen) atoms. The van der Waals surface area contributed by atoms with Crippen LogP contribution in [0.25, 0.3) is 10.6 Å². The van der Waals surface area contributed by atoms with Crippen molar-refractivity contribution in [3.05, 3.63) is 40.4 Å². The number of rotatable bonds is 4. The molecule has 7 nitrogen and oxygen atoms in total. The van der Waals surface area contributed by atoms with E-state index in [1.54, 1.807) is 12.1 Å². The molecule has 3 aromatic heterocycles. The number of halogens is 1. The highest BCUT2D eigenvalue weighted by molar-refractivity contribution is 7.19. The quantitative estimate of drug-likeness (QED) is 0.769. The number of carbonyl (C=O) groups excluding carboxylic acids is 1. The molecule has 0 saturated carbocycles. The lowest BCUT2D eigenvalue weighted by Crippen LogP contribution is -2.23. The molecule has 0 aromatic carbocycles. The van der Waals surface area contributed by atoms with E-state index in [1.165, 1.54) is 17.7 Å². The van der Waals surface area contributed by atoms with Gasteiger partial charge in [-0.1, -0.05) is 16.8 Å². The molecule has 0 unspecified atom stereocenters. The van der Waals surface area contributed by atoms with Gasteiger partial charge in [0.05, 0.1) is 15.8 Å². The second-order valence-electron chi connectivity index (χ2n) is 3.80. The summed E-state index contributed by atoms with van der Waals surface area (Å²) in [4.78, 5) is 16.6. The summed E-state index contributed by atoms with van der Waals surface area (Å²) in [5.41, 5.74) is 0.198. The molecular weight excluding hydrogens is 302 g/mol. The van der Waals surface area contributed by atoms with Gasteiger partial charge in [-0.05, 0) is 12.1 Å². The molecule has 9 heteroatoms. The molecule has 0 aliphatic carbocycles. The maximum Gasteiger partial charge on any atom is 0.273 e. The molecule has 0 aliphatic heterocycles. The zero-order valence-electron chi connectivity index (χ0n) is 9.96. The van der Waals surface area contributed by atoms with E-state index in [2.05, 4.69) is 25.7 Å². The van der Waals surface area contributed by atoms with E-state index < -0.39 is 0 Å². The highest BCUT2D eigenvalue weighted by atomic mass is 35.5. The van der Waals surface area contributed by atoms with Gasteiger partial charge in [0.1, 0.15) is 12.2 Å². The Morgan fingerprint density at radius 3 is 3.10 bits per heavy atom. The number of aromatic nitrogens is 4. The first kappa shape index (κ1) is 12.8. The van der Waals surface area contributed by atoms with Gasteiger partial charge in [-0.2, -0.15) is 5.10 Å². The molecule has 0 saturated heterocycles. The van der Waals surface area contributed by atoms with E-state index in [9.17, 15) is 4.79 Å². The molecule has 3 rings (SSSR count). The number of nitrogens with zero attached hydrogens (tertiary/aromatic N) is 3. The van der Waals surface area contributed by atoms with Gasteiger partial charge in [-0.25, -0.2) is 4.98 Å². The van der Waals surface area contributed by atoms with E-state index in [1.807, 2.05) is 6.07 Å². The van der Waals surface area contributed by atoms with Gasteiger partial charge >= 0.3 is 0 Å². The molecule has 2 N–H and O–H groups in total. The van der Waals surface area contributed by atoms with Crippen molar-refractivity contribution >= 4 is 28.8 Å². The van der Waals surface area contributed by atoms with E-state index in [-0.39, 0.29) is 18.1 Å². The van der Waals surface area contributed by atoms with Crippen LogP contribution in [0.3, 0.4) is 0 Å². The predicted octanol–water partition coefficient (Wildman–Crippen LogP) is 2.10. The van der Waals surface area contributed by atoms with Crippen molar-refractivity contribution in [1.82, 2.24) is 25.7 Å². The number of nitrogens with one attached hydrogen (secondary N) is 2. The lowest BCUT2D eigenvalue weighted by Gasteiger charge is -1.98. The van der Waals surface area contributed by atoms with Crippen LogP contribution in [-0.2, 0) is 6.54 Å². The maximum absolute atomic E-state index is 11.9. The van der Waals surface area contributed by atoms with Gasteiger partial charge in [0.2, 0.25) is 0 Å². The summed E-state index contributed by atoms with van der Waals surface area (Å²) in [5.74, 6) is 0.720. The summed E-state index contributed by atoms with van der Waals surface area (Å²) in [6.07, 6.45) is 1.37. The van der Waals surface area contributed by atoms with Crippen LogP contribution in [0.1, 0.15) is 16.3 Å². The van der Waals surface area contributed by atoms with Crippen molar-refractivity contribution in [2.75, 3.05) is 0 Å². The largest absolute Gasteiger partial charge is 0.355 e. The maximum atomic E-state index is 11.9. The van der Waals surface area contributed by atoms with E-state index in [0.717, 1.165) is 4.88 Å². The first-order chi connectivity index (χ1) is 9.72. The van der Waals surface area contributed by atoms with Crippen molar-refractivity contribution < 1.29 is 9.32 Å². The van der Waals surface area contributed by atoms with E-state index in [4.69, 9.17) is 16.1 Å². The van der Waals surface area contributed by atoms with Gasteiger partial charge in [0, 0.05) is 6.07 Å². The highest BCUT2D eigenvalue weighted by Gasteiger charge is 2.14. The Labute approximate surface area is 122 Å². The number of H-pyrrole nitrogens is 1. The molecule has 3 heterocycles. The van der Waals surface area contributed by atoms with Crippen molar-refractivity contribution in [3.63, 3.8) is 0 Å². The van der Waals surface area contributed by atoms with Gasteiger partial charge in [0.15, 0.2) is 11.5 Å². The Kier molecular flexibility index (Phi) is 3.48. The third-order valence-corrected chi connectivity index (χ3v) is 3.69. The zero-order chi connectivity index (χ0) is 13.9. The lowest BCUT2D eigenvalue weighted by molar-refractivity contribution is 0.0941. The minimum Gasteiger partial charge on any atom is -0.355 e. The van der Waals surface area contributed by atoms with Crippen molar-refractivity contribution in [3.8, 4) is 10.6 Å². The minimum atomic E-state index is -0.348. The SMILES string of the molecule is O=C(NCc1ncn[nH]1)c1cc(-c2ccc(Cl)s2)on1. The van der Waals surface area contributed by atoms with Crippen molar-refractivity contribution in [2.24, 2.45) is 0 Å². The fourth-order valence-corrected chi connectivity index (χ4v) is 2.51. The van der Waals surface area contributed by atoms with Crippen LogP contribution < -0.4 is 5.32 Å². The Morgan fingerprint density at radius 2 is 2.40 bits per heavy atom. The molecule has 1 amide bonds. The predicted molar refractivity (Wildman–Crippen MR) is 72.4 cm³/mol. The van der Waals surface area contributed by atoms with Crippen LogP contribution in [0.4, 0.5) is 0 Å². The van der Waals surface area contributed by atoms with Crippen LogP contribution in [0, 0.1) is 0 Å². The third kappa shape index (κ3) is 2.70. The summed E-state index contributed by atoms with van der Waals surface area (Å²) in [6, 6.07) is 5.13. The molecule has 0 atom stereocenters. The van der Waals surface area contributed by atoms with Crippen LogP contribution in [0.5, 0.6) is 0 Å². The number of hydrogen-bond acceptors (Lipinski definition) is 6. The number of thiophene rings is 1. The molecule has 0 radical (unpaired) electrons. The first-order valence-electron chi connectivity index (χ1n) is 5.57. The van der Waals surface area contributed by atoms with Gasteiger partial charge in [0.25, 0.3) is 5.91 Å². The molecule has 0 bridgehead atoms. The molecule has 3 aromatic rings. The Hall–Kier alpha value is -2.19. The molecule has 0 aliphatic rings. The Balaban J connectivity index is 1.68. The van der Waals surface area contributed by atoms with E-state index in [0.29, 0.717) is 15.9 Å². The average molecular weight is 310 g/mol. The second-order valence-corrected chi connectivity index (χ2v) is 5.51.